The first-order valence-electron chi connectivity index (χ1n) is 8.53. The van der Waals surface area contributed by atoms with Gasteiger partial charge in [-0.3, -0.25) is 14.3 Å². The van der Waals surface area contributed by atoms with E-state index < -0.39 is 10.0 Å². The van der Waals surface area contributed by atoms with Crippen molar-refractivity contribution in [1.29, 1.82) is 0 Å². The first-order chi connectivity index (χ1) is 12.7. The second-order valence-corrected chi connectivity index (χ2v) is 7.82. The first-order valence-corrected chi connectivity index (χ1v) is 10.0. The molecule has 0 saturated heterocycles. The number of carbonyl (C=O) groups excluding carboxylic acids is 2. The lowest BCUT2D eigenvalue weighted by atomic mass is 10.1. The Balaban J connectivity index is 2.25. The van der Waals surface area contributed by atoms with Crippen LogP contribution in [-0.2, 0) is 14.8 Å². The van der Waals surface area contributed by atoms with E-state index in [-0.39, 0.29) is 34.0 Å². The molecule has 0 aliphatic heterocycles. The van der Waals surface area contributed by atoms with Gasteiger partial charge in [0.2, 0.25) is 5.91 Å². The smallest absolute Gasteiger partial charge is 0.261 e. The van der Waals surface area contributed by atoms with E-state index in [1.165, 1.54) is 37.3 Å². The summed E-state index contributed by atoms with van der Waals surface area (Å²) in [6.07, 6.45) is 0.764. The third kappa shape index (κ3) is 5.55. The average Bonchev–Trinajstić information content (AvgIpc) is 2.61. The molecule has 0 aromatic heterocycles. The van der Waals surface area contributed by atoms with Crippen LogP contribution in [0.1, 0.15) is 37.6 Å². The van der Waals surface area contributed by atoms with E-state index in [0.717, 1.165) is 6.42 Å². The molecule has 0 bridgehead atoms. The van der Waals surface area contributed by atoms with Gasteiger partial charge in [-0.05, 0) is 49.7 Å². The quantitative estimate of drug-likeness (QED) is 0.677. The van der Waals surface area contributed by atoms with Crippen molar-refractivity contribution >= 4 is 33.2 Å². The molecule has 2 rings (SSSR count). The molecule has 0 unspecified atom stereocenters. The molecule has 8 heteroatoms. The van der Waals surface area contributed by atoms with Gasteiger partial charge in [0, 0.05) is 18.7 Å². The Labute approximate surface area is 159 Å². The van der Waals surface area contributed by atoms with Crippen LogP contribution in [-0.4, -0.2) is 26.3 Å². The maximum atomic E-state index is 12.7. The summed E-state index contributed by atoms with van der Waals surface area (Å²) in [5.41, 5.74) is 0.940. The molecule has 0 radical (unpaired) electrons. The average molecular weight is 389 g/mol. The Bertz CT molecular complexity index is 924. The Hall–Kier alpha value is -2.87. The van der Waals surface area contributed by atoms with E-state index in [0.29, 0.717) is 5.69 Å². The molecule has 0 saturated carbocycles. The van der Waals surface area contributed by atoms with Gasteiger partial charge >= 0.3 is 0 Å². The van der Waals surface area contributed by atoms with Crippen LogP contribution < -0.4 is 15.4 Å². The minimum Gasteiger partial charge on any atom is -0.350 e. The summed E-state index contributed by atoms with van der Waals surface area (Å²) in [6.45, 7) is 5.19. The highest BCUT2D eigenvalue weighted by molar-refractivity contribution is 7.92. The van der Waals surface area contributed by atoms with Crippen molar-refractivity contribution in [3.8, 4) is 0 Å². The van der Waals surface area contributed by atoms with Crippen LogP contribution in [0.3, 0.4) is 0 Å². The van der Waals surface area contributed by atoms with Crippen molar-refractivity contribution in [2.45, 2.75) is 38.1 Å². The number of hydrogen-bond donors (Lipinski definition) is 3. The first kappa shape index (κ1) is 20.4. The molecule has 0 heterocycles. The lowest BCUT2D eigenvalue weighted by Crippen LogP contribution is -2.32. The fraction of sp³-hybridized carbons (Fsp3) is 0.263. The lowest BCUT2D eigenvalue weighted by molar-refractivity contribution is -0.114. The topological polar surface area (TPSA) is 104 Å². The van der Waals surface area contributed by atoms with Crippen LogP contribution in [0, 0.1) is 0 Å². The van der Waals surface area contributed by atoms with Crippen LogP contribution in [0.4, 0.5) is 11.4 Å². The predicted molar refractivity (Wildman–Crippen MR) is 105 cm³/mol. The van der Waals surface area contributed by atoms with Crippen molar-refractivity contribution in [1.82, 2.24) is 5.32 Å². The summed E-state index contributed by atoms with van der Waals surface area (Å²) < 4.78 is 27.8. The van der Waals surface area contributed by atoms with Crippen molar-refractivity contribution in [3.05, 3.63) is 54.1 Å². The standard InChI is InChI=1S/C19H23N3O4S/c1-4-13(2)20-19(24)17-7-5-6-8-18(17)22-27(25,26)16-11-9-15(10-12-16)21-14(3)23/h5-13,22H,4H2,1-3H3,(H,20,24)(H,21,23)/t13-/m0/s1. The van der Waals surface area contributed by atoms with Crippen LogP contribution in [0.25, 0.3) is 0 Å². The van der Waals surface area contributed by atoms with Crippen molar-refractivity contribution in [2.75, 3.05) is 10.0 Å². The third-order valence-electron chi connectivity index (χ3n) is 3.89. The van der Waals surface area contributed by atoms with Crippen molar-refractivity contribution in [3.63, 3.8) is 0 Å². The van der Waals surface area contributed by atoms with E-state index in [1.54, 1.807) is 18.2 Å². The van der Waals surface area contributed by atoms with Gasteiger partial charge in [-0.1, -0.05) is 19.1 Å². The lowest BCUT2D eigenvalue weighted by Gasteiger charge is -2.15. The van der Waals surface area contributed by atoms with Gasteiger partial charge in [0.25, 0.3) is 15.9 Å². The van der Waals surface area contributed by atoms with Crippen molar-refractivity contribution < 1.29 is 18.0 Å². The van der Waals surface area contributed by atoms with E-state index in [1.807, 2.05) is 13.8 Å². The summed E-state index contributed by atoms with van der Waals surface area (Å²) in [4.78, 5) is 23.5. The summed E-state index contributed by atoms with van der Waals surface area (Å²) in [7, 11) is -3.89. The molecule has 2 amide bonds. The minimum atomic E-state index is -3.89. The highest BCUT2D eigenvalue weighted by Gasteiger charge is 2.19. The number of para-hydroxylation sites is 1. The molecule has 2 aromatic rings. The Morgan fingerprint density at radius 3 is 2.26 bits per heavy atom. The van der Waals surface area contributed by atoms with Gasteiger partial charge < -0.3 is 10.6 Å². The van der Waals surface area contributed by atoms with Crippen LogP contribution in [0.2, 0.25) is 0 Å². The van der Waals surface area contributed by atoms with Gasteiger partial charge in [0.1, 0.15) is 0 Å². The molecule has 1 atom stereocenters. The van der Waals surface area contributed by atoms with E-state index in [4.69, 9.17) is 0 Å². The molecule has 0 fully saturated rings. The van der Waals surface area contributed by atoms with Crippen LogP contribution in [0.15, 0.2) is 53.4 Å². The zero-order chi connectivity index (χ0) is 20.0. The number of anilines is 2. The molecule has 3 N–H and O–H groups in total. The SMILES string of the molecule is CC[C@H](C)NC(=O)c1ccccc1NS(=O)(=O)c1ccc(NC(C)=O)cc1. The van der Waals surface area contributed by atoms with Gasteiger partial charge in [0.05, 0.1) is 16.1 Å². The number of carbonyl (C=O) groups is 2. The Morgan fingerprint density at radius 1 is 1.04 bits per heavy atom. The number of nitrogens with one attached hydrogen (secondary N) is 3. The van der Waals surface area contributed by atoms with Gasteiger partial charge in [-0.2, -0.15) is 0 Å². The van der Waals surface area contributed by atoms with Crippen LogP contribution >= 0.6 is 0 Å². The molecule has 144 valence electrons. The molecule has 0 spiro atoms. The molecule has 2 aromatic carbocycles. The van der Waals surface area contributed by atoms with Gasteiger partial charge in [0.15, 0.2) is 0 Å². The molecule has 0 aliphatic rings. The summed E-state index contributed by atoms with van der Waals surface area (Å²) in [5.74, 6) is -0.589. The highest BCUT2D eigenvalue weighted by atomic mass is 32.2. The monoisotopic (exact) mass is 389 g/mol. The van der Waals surface area contributed by atoms with E-state index >= 15 is 0 Å². The minimum absolute atomic E-state index is 0.0220. The summed E-state index contributed by atoms with van der Waals surface area (Å²) >= 11 is 0. The number of rotatable bonds is 7. The van der Waals surface area contributed by atoms with E-state index in [2.05, 4.69) is 15.4 Å². The number of benzene rings is 2. The van der Waals surface area contributed by atoms with Gasteiger partial charge in [-0.25, -0.2) is 8.42 Å². The molecule has 0 aliphatic carbocycles. The molecule has 7 nitrogen and oxygen atoms in total. The summed E-state index contributed by atoms with van der Waals surface area (Å²) in [5, 5.41) is 5.40. The maximum absolute atomic E-state index is 12.7. The molecular formula is C19H23N3O4S. The second kappa shape index (κ2) is 8.68. The van der Waals surface area contributed by atoms with Crippen molar-refractivity contribution in [2.24, 2.45) is 0 Å². The number of hydrogen-bond acceptors (Lipinski definition) is 4. The second-order valence-electron chi connectivity index (χ2n) is 6.14. The molecule has 27 heavy (non-hydrogen) atoms. The Morgan fingerprint density at radius 2 is 1.67 bits per heavy atom. The zero-order valence-electron chi connectivity index (χ0n) is 15.4. The Kier molecular flexibility index (Phi) is 6.57. The maximum Gasteiger partial charge on any atom is 0.261 e. The fourth-order valence-corrected chi connectivity index (χ4v) is 3.38. The van der Waals surface area contributed by atoms with Crippen LogP contribution in [0.5, 0.6) is 0 Å². The number of amides is 2. The highest BCUT2D eigenvalue weighted by Crippen LogP contribution is 2.21. The van der Waals surface area contributed by atoms with Gasteiger partial charge in [-0.15, -0.1) is 0 Å². The zero-order valence-corrected chi connectivity index (χ0v) is 16.3. The van der Waals surface area contributed by atoms with E-state index in [9.17, 15) is 18.0 Å². The molecular weight excluding hydrogens is 366 g/mol. The number of sulfonamides is 1. The summed E-state index contributed by atoms with van der Waals surface area (Å²) in [6, 6.07) is 12.2. The third-order valence-corrected chi connectivity index (χ3v) is 5.27. The normalized spacial score (nSPS) is 12.1. The largest absolute Gasteiger partial charge is 0.350 e. The predicted octanol–water partition coefficient (Wildman–Crippen LogP) is 2.97. The fourth-order valence-electron chi connectivity index (χ4n) is 2.30.